The Hall–Kier alpha value is 4.09. The van der Waals surface area contributed by atoms with Crippen LogP contribution in [0.1, 0.15) is 0 Å². The van der Waals surface area contributed by atoms with Crippen LogP contribution in [0.4, 0.5) is 0 Å². The van der Waals surface area contributed by atoms with Crippen LogP contribution in [-0.2, 0) is 0 Å². The normalized spacial score (nSPS) is 7.33. The van der Waals surface area contributed by atoms with Crippen LogP contribution in [0, 0.1) is 0 Å². The average Bonchev–Trinajstić information content (AvgIpc) is 1.36. The Bertz CT molecular complexity index is 30.4. The zero-order chi connectivity index (χ0) is 6.50. The first kappa shape index (κ1) is 23.2. The number of halogens is 2. The zero-order valence-corrected chi connectivity index (χ0v) is 14.0. The van der Waals surface area contributed by atoms with Crippen LogP contribution in [0.3, 0.4) is 0 Å². The molecule has 5 nitrogen and oxygen atoms in total. The van der Waals surface area contributed by atoms with Crippen molar-refractivity contribution in [3.05, 3.63) is 0 Å². The van der Waals surface area contributed by atoms with Crippen molar-refractivity contribution in [1.29, 1.82) is 0 Å². The molecule has 9 heavy (non-hydrogen) atoms. The van der Waals surface area contributed by atoms with Gasteiger partial charge in [0, 0.05) is 0 Å². The van der Waals surface area contributed by atoms with E-state index in [1.165, 1.54) is 0 Å². The summed E-state index contributed by atoms with van der Waals surface area (Å²) in [6.45, 7) is 0. The van der Waals surface area contributed by atoms with Crippen molar-refractivity contribution in [1.82, 2.24) is 0 Å². The molecule has 0 saturated heterocycles. The number of rotatable bonds is 0. The van der Waals surface area contributed by atoms with Crippen LogP contribution >= 0.6 is 11.9 Å². The maximum Gasteiger partial charge on any atom is 1.00 e. The molecule has 0 bridgehead atoms. The summed E-state index contributed by atoms with van der Waals surface area (Å²) >= 11 is -2.55. The molecule has 0 N–H and O–H groups in total. The van der Waals surface area contributed by atoms with E-state index in [0.29, 0.717) is 0 Å². The summed E-state index contributed by atoms with van der Waals surface area (Å²) in [4.78, 5) is 0. The van der Waals surface area contributed by atoms with Gasteiger partial charge in [-0.2, -0.15) is 0 Å². The van der Waals surface area contributed by atoms with Crippen molar-refractivity contribution in [2.45, 2.75) is 0 Å². The van der Waals surface area contributed by atoms with Crippen molar-refractivity contribution in [3.8, 4) is 0 Å². The quantitative estimate of drug-likeness (QED) is 0.325. The average molecular weight is 321 g/mol. The minimum Gasteiger partial charge on any atom is -0.769 e. The molecule has 0 unspecified atom stereocenters. The van der Waals surface area contributed by atoms with Crippen LogP contribution in [-0.4, -0.2) is 0 Å². The molecule has 0 saturated carbocycles. The molecule has 46 valence electrons. The first-order valence-electron chi connectivity index (χ1n) is 0.772. The Morgan fingerprint density at radius 2 is 0.778 bits per heavy atom. The van der Waals surface area contributed by atoms with Crippen LogP contribution in [0.2, 0.25) is 0 Å². The molecule has 0 spiro atoms. The molecule has 0 radical (unpaired) electrons. The van der Waals surface area contributed by atoms with Gasteiger partial charge < -0.3 is 4.66 Å². The van der Waals surface area contributed by atoms with E-state index >= 15 is 0 Å². The summed E-state index contributed by atoms with van der Waals surface area (Å²) in [7, 11) is 0. The zero-order valence-electron chi connectivity index (χ0n) is 4.80. The first-order valence-corrected chi connectivity index (χ1v) is 4.60. The summed E-state index contributed by atoms with van der Waals surface area (Å²) in [6.07, 6.45) is 0. The molecule has 0 aromatic carbocycles. The van der Waals surface area contributed by atoms with Crippen molar-refractivity contribution < 1.29 is 141 Å². The predicted octanol–water partition coefficient (Wildman–Crippen LogP) is -14.2. The van der Waals surface area contributed by atoms with E-state index in [1.807, 2.05) is 0 Å². The molecule has 0 amide bonds. The number of hydrogen-bond acceptors (Lipinski definition) is 5. The molecule has 0 heterocycles. The molecular weight excluding hydrogens is 321 g/mol. The fourth-order valence-corrected chi connectivity index (χ4v) is 0. The minimum atomic E-state index is -5.94. The summed E-state index contributed by atoms with van der Waals surface area (Å²) < 4.78 is 42.2. The topological polar surface area (TPSA) is 115 Å². The van der Waals surface area contributed by atoms with Crippen molar-refractivity contribution in [3.63, 3.8) is 0 Å². The Balaban J connectivity index is -0.0000000286. The van der Waals surface area contributed by atoms with Gasteiger partial charge in [0.05, 0.1) is 0 Å². The Kier molecular flexibility index (Phi) is 37.6. The Morgan fingerprint density at radius 1 is 0.778 bits per heavy atom. The summed E-state index contributed by atoms with van der Waals surface area (Å²) in [5.41, 5.74) is 0. The van der Waals surface area contributed by atoms with Crippen LogP contribution in [0.5, 0.6) is 0 Å². The molecule has 0 aromatic rings. The maximum absolute atomic E-state index is 8.62. The van der Waals surface area contributed by atoms with Gasteiger partial charge in [-0.3, -0.25) is 13.7 Å². The molecule has 0 aliphatic rings. The van der Waals surface area contributed by atoms with E-state index in [1.54, 1.807) is 0 Å². The van der Waals surface area contributed by atoms with E-state index in [-0.39, 0.29) is 103 Å². The largest absolute Gasteiger partial charge is 1.00 e. The van der Waals surface area contributed by atoms with Gasteiger partial charge >= 0.3 is 103 Å². The fourth-order valence-electron chi connectivity index (χ4n) is 0. The first-order chi connectivity index (χ1) is 3.00. The minimum absolute atomic E-state index is 0. The second-order valence-electron chi connectivity index (χ2n) is 0.378. The third-order valence-electron chi connectivity index (χ3n) is 0. The Labute approximate surface area is 149 Å². The SMILES string of the molecule is [K+].[K+].[O-]Cl.[O-][I+3]([O-])([O-])[O-]. The molecule has 0 fully saturated rings. The Morgan fingerprint density at radius 3 is 0.778 bits per heavy atom. The summed E-state index contributed by atoms with van der Waals surface area (Å²) in [6, 6.07) is 0. The van der Waals surface area contributed by atoms with Gasteiger partial charge in [0.2, 0.25) is 0 Å². The standard InChI is InChI=1S/ClO.IO4.2K/c1-2;2-1(3,4)5;;/q2*-1;2*+1. The van der Waals surface area contributed by atoms with E-state index in [4.69, 9.17) is 18.4 Å². The monoisotopic (exact) mass is 320 g/mol. The molecule has 9 heteroatoms. The predicted molar refractivity (Wildman–Crippen MR) is 5.85 cm³/mol. The molecule has 0 aliphatic heterocycles. The van der Waals surface area contributed by atoms with E-state index in [9.17, 15) is 0 Å². The van der Waals surface area contributed by atoms with Gasteiger partial charge in [0.1, 0.15) is 20.1 Å². The third kappa shape index (κ3) is 73.5. The van der Waals surface area contributed by atoms with E-state index < -0.39 is 20.1 Å². The molecule has 0 rings (SSSR count). The van der Waals surface area contributed by atoms with Crippen LogP contribution in [0.15, 0.2) is 0 Å². The maximum atomic E-state index is 8.62. The third-order valence-corrected chi connectivity index (χ3v) is 0. The summed E-state index contributed by atoms with van der Waals surface area (Å²) in [5, 5.41) is 0. The van der Waals surface area contributed by atoms with Gasteiger partial charge in [0.25, 0.3) is 0 Å². The molecule has 0 atom stereocenters. The van der Waals surface area contributed by atoms with Crippen molar-refractivity contribution in [2.24, 2.45) is 0 Å². The fraction of sp³-hybridized carbons (Fsp3) is 0. The van der Waals surface area contributed by atoms with Gasteiger partial charge in [-0.15, -0.1) is 0 Å². The van der Waals surface area contributed by atoms with E-state index in [2.05, 4.69) is 11.9 Å². The van der Waals surface area contributed by atoms with Crippen LogP contribution < -0.4 is 141 Å². The van der Waals surface area contributed by atoms with Gasteiger partial charge in [0.15, 0.2) is 0 Å². The van der Waals surface area contributed by atoms with Gasteiger partial charge in [-0.1, -0.05) is 0 Å². The van der Waals surface area contributed by atoms with Gasteiger partial charge in [-0.05, 0) is 0 Å². The molecule has 0 aliphatic carbocycles. The second kappa shape index (κ2) is 14.6. The molecule has 0 aromatic heterocycles. The van der Waals surface area contributed by atoms with Crippen LogP contribution in [0.25, 0.3) is 0 Å². The van der Waals surface area contributed by atoms with Crippen molar-refractivity contribution in [2.75, 3.05) is 0 Å². The van der Waals surface area contributed by atoms with E-state index in [0.717, 1.165) is 0 Å². The summed E-state index contributed by atoms with van der Waals surface area (Å²) in [5.74, 6) is 0. The smallest absolute Gasteiger partial charge is 0.769 e. The van der Waals surface area contributed by atoms with Crippen molar-refractivity contribution >= 4 is 11.9 Å². The molecular formula is ClIK2O5. The van der Waals surface area contributed by atoms with Gasteiger partial charge in [-0.25, -0.2) is 11.9 Å². The number of hydrogen-bond donors (Lipinski definition) is 0. The second-order valence-corrected chi connectivity index (χ2v) is 2.54.